The van der Waals surface area contributed by atoms with Gasteiger partial charge in [-0.1, -0.05) is 41.6 Å². The van der Waals surface area contributed by atoms with Gasteiger partial charge in [0.15, 0.2) is 5.17 Å². The third-order valence-corrected chi connectivity index (χ3v) is 4.69. The Morgan fingerprint density at radius 2 is 1.79 bits per heavy atom. The van der Waals surface area contributed by atoms with Crippen molar-refractivity contribution in [3.05, 3.63) is 59.6 Å². The molecular weight excluding hydrogens is 346 g/mol. The van der Waals surface area contributed by atoms with Gasteiger partial charge in [0, 0.05) is 11.4 Å². The number of carbonyl (C=O) groups is 2. The van der Waals surface area contributed by atoms with E-state index in [1.807, 2.05) is 30.3 Å². The molecule has 0 aliphatic carbocycles. The average Bonchev–Trinajstić information content (AvgIpc) is 2.83. The largest absolute Gasteiger partial charge is 0.378 e. The molecule has 1 aliphatic heterocycles. The van der Waals surface area contributed by atoms with Gasteiger partial charge in [-0.05, 0) is 36.4 Å². The summed E-state index contributed by atoms with van der Waals surface area (Å²) in [4.78, 5) is 30.1. The zero-order valence-corrected chi connectivity index (χ0v) is 14.1. The van der Waals surface area contributed by atoms with Gasteiger partial charge in [-0.25, -0.2) is 9.89 Å². The van der Waals surface area contributed by atoms with Gasteiger partial charge < -0.3 is 5.73 Å². The summed E-state index contributed by atoms with van der Waals surface area (Å²) in [7, 11) is 0. The molecule has 0 spiro atoms. The second kappa shape index (κ2) is 7.07. The fraction of sp³-hybridized carbons (Fsp3) is 0.118. The van der Waals surface area contributed by atoms with Gasteiger partial charge in [-0.15, -0.1) is 0 Å². The molecule has 1 fully saturated rings. The van der Waals surface area contributed by atoms with E-state index >= 15 is 0 Å². The maximum absolute atomic E-state index is 12.5. The van der Waals surface area contributed by atoms with Crippen LogP contribution in [0.3, 0.4) is 0 Å². The Morgan fingerprint density at radius 3 is 2.46 bits per heavy atom. The molecule has 0 radical (unpaired) electrons. The normalized spacial score (nSPS) is 18.3. The van der Waals surface area contributed by atoms with Crippen molar-refractivity contribution in [1.29, 1.82) is 0 Å². The highest BCUT2D eigenvalue weighted by Crippen LogP contribution is 2.30. The van der Waals surface area contributed by atoms with Crippen molar-refractivity contribution in [3.63, 3.8) is 0 Å². The zero-order chi connectivity index (χ0) is 17.1. The molecule has 0 saturated carbocycles. The van der Waals surface area contributed by atoms with Crippen molar-refractivity contribution >= 4 is 51.7 Å². The minimum atomic E-state index is -0.569. The number of benzene rings is 2. The number of nitrogens with zero attached hydrogens (tertiary/aromatic N) is 2. The second-order valence-electron chi connectivity index (χ2n) is 5.14. The lowest BCUT2D eigenvalue weighted by molar-refractivity contribution is -0.121. The first-order chi connectivity index (χ1) is 11.5. The number of halogens is 1. The van der Waals surface area contributed by atoms with Crippen LogP contribution in [0.25, 0.3) is 0 Å². The first kappa shape index (κ1) is 16.5. The molecule has 1 atom stereocenters. The summed E-state index contributed by atoms with van der Waals surface area (Å²) in [6.45, 7) is 0. The van der Waals surface area contributed by atoms with Crippen LogP contribution in [-0.2, 0) is 9.59 Å². The number of para-hydroxylation sites is 1. The Balaban J connectivity index is 1.74. The quantitative estimate of drug-likeness (QED) is 0.518. The molecule has 5 nitrogen and oxygen atoms in total. The van der Waals surface area contributed by atoms with E-state index in [4.69, 9.17) is 17.3 Å². The maximum atomic E-state index is 12.5. The number of carbonyl (C=O) groups excluding carboxylic acids is 2. The number of rotatable bonds is 3. The Kier molecular flexibility index (Phi) is 4.87. The fourth-order valence-electron chi connectivity index (χ4n) is 2.36. The van der Waals surface area contributed by atoms with Crippen molar-refractivity contribution in [2.45, 2.75) is 11.7 Å². The molecule has 1 saturated heterocycles. The minimum absolute atomic E-state index is 0.0944. The topological polar surface area (TPSA) is 75.8 Å². The van der Waals surface area contributed by atoms with Gasteiger partial charge in [-0.2, -0.15) is 0 Å². The summed E-state index contributed by atoms with van der Waals surface area (Å²) in [5, 5.41) is 0.231. The Hall–Kier alpha value is -2.31. The van der Waals surface area contributed by atoms with Gasteiger partial charge >= 0.3 is 0 Å². The smallest absolute Gasteiger partial charge is 0.247 e. The van der Waals surface area contributed by atoms with Crippen molar-refractivity contribution in [2.24, 2.45) is 10.7 Å². The standard InChI is InChI=1S/C17H14ClN3O2S/c18-11-6-8-13(9-7-11)21-15(22)10-14(16(21)23)24-17(19)20-12-4-2-1-3-5-12/h1-9,14H,10H2,(H2,19,20). The number of hydrogen-bond donors (Lipinski definition) is 1. The monoisotopic (exact) mass is 359 g/mol. The molecule has 7 heteroatoms. The van der Waals surface area contributed by atoms with Crippen LogP contribution < -0.4 is 10.6 Å². The molecule has 1 heterocycles. The summed E-state index contributed by atoms with van der Waals surface area (Å²) >= 11 is 6.95. The molecule has 2 aromatic carbocycles. The number of amides is 2. The van der Waals surface area contributed by atoms with Gasteiger partial charge in [0.25, 0.3) is 0 Å². The molecule has 24 heavy (non-hydrogen) atoms. The van der Waals surface area contributed by atoms with E-state index in [0.29, 0.717) is 16.4 Å². The van der Waals surface area contributed by atoms with E-state index in [0.717, 1.165) is 11.8 Å². The average molecular weight is 360 g/mol. The van der Waals surface area contributed by atoms with Crippen molar-refractivity contribution in [2.75, 3.05) is 4.90 Å². The number of anilines is 1. The lowest BCUT2D eigenvalue weighted by atomic mass is 10.3. The Bertz CT molecular complexity index is 793. The number of imide groups is 1. The van der Waals surface area contributed by atoms with Crippen molar-refractivity contribution < 1.29 is 9.59 Å². The second-order valence-corrected chi connectivity index (χ2v) is 6.80. The van der Waals surface area contributed by atoms with E-state index in [2.05, 4.69) is 4.99 Å². The van der Waals surface area contributed by atoms with Crippen LogP contribution in [0.2, 0.25) is 5.02 Å². The van der Waals surface area contributed by atoms with Crippen LogP contribution in [0.4, 0.5) is 11.4 Å². The molecule has 2 aromatic rings. The van der Waals surface area contributed by atoms with E-state index in [-0.39, 0.29) is 23.4 Å². The van der Waals surface area contributed by atoms with Gasteiger partial charge in [-0.3, -0.25) is 9.59 Å². The first-order valence-corrected chi connectivity index (χ1v) is 8.48. The van der Waals surface area contributed by atoms with Gasteiger partial charge in [0.1, 0.15) is 5.25 Å². The molecule has 122 valence electrons. The fourth-order valence-corrected chi connectivity index (χ4v) is 3.37. The molecule has 1 unspecified atom stereocenters. The number of aliphatic imine (C=N–C) groups is 1. The van der Waals surface area contributed by atoms with E-state index in [1.165, 1.54) is 4.90 Å². The third kappa shape index (κ3) is 3.60. The van der Waals surface area contributed by atoms with Gasteiger partial charge in [0.05, 0.1) is 11.4 Å². The Labute approximate surface area is 148 Å². The molecule has 0 aromatic heterocycles. The summed E-state index contributed by atoms with van der Waals surface area (Å²) in [6, 6.07) is 15.8. The first-order valence-electron chi connectivity index (χ1n) is 7.23. The van der Waals surface area contributed by atoms with Crippen LogP contribution in [0.15, 0.2) is 59.6 Å². The number of thioether (sulfide) groups is 1. The highest BCUT2D eigenvalue weighted by molar-refractivity contribution is 8.15. The highest BCUT2D eigenvalue weighted by atomic mass is 35.5. The van der Waals surface area contributed by atoms with Crippen LogP contribution in [-0.4, -0.2) is 22.2 Å². The zero-order valence-electron chi connectivity index (χ0n) is 12.6. The van der Waals surface area contributed by atoms with Gasteiger partial charge in [0.2, 0.25) is 11.8 Å². The van der Waals surface area contributed by atoms with Crippen LogP contribution in [0, 0.1) is 0 Å². The predicted octanol–water partition coefficient (Wildman–Crippen LogP) is 3.35. The lowest BCUT2D eigenvalue weighted by Gasteiger charge is -2.14. The minimum Gasteiger partial charge on any atom is -0.378 e. The predicted molar refractivity (Wildman–Crippen MR) is 97.7 cm³/mol. The summed E-state index contributed by atoms with van der Waals surface area (Å²) in [6.07, 6.45) is 0.0944. The van der Waals surface area contributed by atoms with E-state index in [9.17, 15) is 9.59 Å². The van der Waals surface area contributed by atoms with E-state index < -0.39 is 5.25 Å². The highest BCUT2D eigenvalue weighted by Gasteiger charge is 2.40. The SMILES string of the molecule is NC(=Nc1ccccc1)SC1CC(=O)N(c2ccc(Cl)cc2)C1=O. The van der Waals surface area contributed by atoms with Crippen molar-refractivity contribution in [1.82, 2.24) is 0 Å². The molecule has 2 N–H and O–H groups in total. The van der Waals surface area contributed by atoms with Crippen molar-refractivity contribution in [3.8, 4) is 0 Å². The number of amidine groups is 1. The summed E-state index contributed by atoms with van der Waals surface area (Å²) < 4.78 is 0. The summed E-state index contributed by atoms with van der Waals surface area (Å²) in [5.74, 6) is -0.550. The molecular formula is C17H14ClN3O2S. The third-order valence-electron chi connectivity index (χ3n) is 3.45. The number of hydrogen-bond acceptors (Lipinski definition) is 4. The number of nitrogens with two attached hydrogens (primary N) is 1. The van der Waals surface area contributed by atoms with Crippen LogP contribution in [0.1, 0.15) is 6.42 Å². The lowest BCUT2D eigenvalue weighted by Crippen LogP contribution is -2.31. The molecule has 1 aliphatic rings. The maximum Gasteiger partial charge on any atom is 0.247 e. The Morgan fingerprint density at radius 1 is 1.12 bits per heavy atom. The molecule has 2 amide bonds. The molecule has 3 rings (SSSR count). The molecule has 0 bridgehead atoms. The summed E-state index contributed by atoms with van der Waals surface area (Å²) in [5.41, 5.74) is 7.12. The van der Waals surface area contributed by atoms with Crippen LogP contribution in [0.5, 0.6) is 0 Å². The van der Waals surface area contributed by atoms with Crippen LogP contribution >= 0.6 is 23.4 Å². The van der Waals surface area contributed by atoms with E-state index in [1.54, 1.807) is 24.3 Å².